The Kier molecular flexibility index (Phi) is 3.23. The van der Waals surface area contributed by atoms with Gasteiger partial charge >= 0.3 is 0 Å². The number of benzene rings is 1. The highest BCUT2D eigenvalue weighted by atomic mass is 32.2. The van der Waals surface area contributed by atoms with Crippen molar-refractivity contribution < 1.29 is 0 Å². The monoisotopic (exact) mass is 260 g/mol. The van der Waals surface area contributed by atoms with Gasteiger partial charge in [-0.25, -0.2) is 0 Å². The van der Waals surface area contributed by atoms with Crippen LogP contribution >= 0.6 is 11.8 Å². The average molecular weight is 260 g/mol. The summed E-state index contributed by atoms with van der Waals surface area (Å²) in [6.07, 6.45) is 2.97. The molecule has 0 radical (unpaired) electrons. The predicted octanol–water partition coefficient (Wildman–Crippen LogP) is 2.40. The molecule has 0 amide bonds. The molecule has 2 aromatic rings. The normalized spacial score (nSPS) is 19.1. The fourth-order valence-electron chi connectivity index (χ4n) is 2.18. The van der Waals surface area contributed by atoms with Crippen molar-refractivity contribution in [2.24, 2.45) is 7.05 Å². The largest absolute Gasteiger partial charge is 0.381 e. The topological polar surface area (TPSA) is 42.7 Å². The van der Waals surface area contributed by atoms with Crippen LogP contribution in [-0.2, 0) is 7.05 Å². The van der Waals surface area contributed by atoms with Gasteiger partial charge in [-0.1, -0.05) is 12.1 Å². The van der Waals surface area contributed by atoms with E-state index in [2.05, 4.69) is 39.8 Å². The number of aryl methyl sites for hydroxylation is 1. The smallest absolute Gasteiger partial charge is 0.163 e. The van der Waals surface area contributed by atoms with Crippen molar-refractivity contribution in [3.8, 4) is 11.4 Å². The molecule has 18 heavy (non-hydrogen) atoms. The molecule has 1 aliphatic rings. The molecule has 0 saturated carbocycles. The zero-order valence-electron chi connectivity index (χ0n) is 10.3. The second-order valence-electron chi connectivity index (χ2n) is 4.55. The summed E-state index contributed by atoms with van der Waals surface area (Å²) in [6, 6.07) is 8.99. The lowest BCUT2D eigenvalue weighted by atomic mass is 10.1. The second kappa shape index (κ2) is 5.02. The zero-order valence-corrected chi connectivity index (χ0v) is 11.2. The summed E-state index contributed by atoms with van der Waals surface area (Å²) in [5.74, 6) is 3.37. The van der Waals surface area contributed by atoms with Crippen LogP contribution in [0.4, 0.5) is 5.69 Å². The molecule has 1 saturated heterocycles. The predicted molar refractivity (Wildman–Crippen MR) is 75.8 cm³/mol. The van der Waals surface area contributed by atoms with E-state index < -0.39 is 0 Å². The van der Waals surface area contributed by atoms with E-state index in [1.165, 1.54) is 23.6 Å². The minimum absolute atomic E-state index is 0.602. The summed E-state index contributed by atoms with van der Waals surface area (Å²) in [4.78, 5) is 0. The summed E-state index contributed by atoms with van der Waals surface area (Å²) in [6.45, 7) is 0. The number of nitrogens with zero attached hydrogens (tertiary/aromatic N) is 3. The molecule has 0 spiro atoms. The van der Waals surface area contributed by atoms with Crippen molar-refractivity contribution in [2.45, 2.75) is 12.5 Å². The van der Waals surface area contributed by atoms with Gasteiger partial charge in [0.1, 0.15) is 6.33 Å². The minimum atomic E-state index is 0.602. The van der Waals surface area contributed by atoms with E-state index >= 15 is 0 Å². The van der Waals surface area contributed by atoms with Crippen LogP contribution in [0.1, 0.15) is 6.42 Å². The zero-order chi connectivity index (χ0) is 12.4. The lowest BCUT2D eigenvalue weighted by Crippen LogP contribution is -2.17. The quantitative estimate of drug-likeness (QED) is 0.920. The van der Waals surface area contributed by atoms with Crippen LogP contribution in [-0.4, -0.2) is 32.3 Å². The fourth-order valence-corrected chi connectivity index (χ4v) is 3.33. The van der Waals surface area contributed by atoms with Gasteiger partial charge in [0.2, 0.25) is 0 Å². The Bertz CT molecular complexity index is 531. The third-order valence-electron chi connectivity index (χ3n) is 3.13. The van der Waals surface area contributed by atoms with Gasteiger partial charge in [-0.2, -0.15) is 11.8 Å². The van der Waals surface area contributed by atoms with E-state index in [9.17, 15) is 0 Å². The third kappa shape index (κ3) is 2.36. The van der Waals surface area contributed by atoms with E-state index in [1.807, 2.05) is 23.4 Å². The molecule has 1 unspecified atom stereocenters. The standard InChI is InChI=1S/C13H16N4S/c1-17-9-14-16-13(17)10-3-2-4-11(7-10)15-12-5-6-18-8-12/h2-4,7,9,12,15H,5-6,8H2,1H3. The molecule has 1 aromatic heterocycles. The van der Waals surface area contributed by atoms with E-state index in [-0.39, 0.29) is 0 Å². The highest BCUT2D eigenvalue weighted by Gasteiger charge is 2.15. The van der Waals surface area contributed by atoms with Crippen LogP contribution in [0, 0.1) is 0 Å². The Morgan fingerprint density at radius 2 is 2.39 bits per heavy atom. The molecule has 1 N–H and O–H groups in total. The molecule has 1 atom stereocenters. The number of hydrogen-bond donors (Lipinski definition) is 1. The molecule has 1 aromatic carbocycles. The maximum Gasteiger partial charge on any atom is 0.163 e. The molecule has 94 valence electrons. The molecule has 0 bridgehead atoms. The fraction of sp³-hybridized carbons (Fsp3) is 0.385. The average Bonchev–Trinajstić information content (AvgIpc) is 3.01. The van der Waals surface area contributed by atoms with Crippen LogP contribution in [0.3, 0.4) is 0 Å². The molecule has 1 aliphatic heterocycles. The molecule has 1 fully saturated rings. The van der Waals surface area contributed by atoms with Crippen molar-refractivity contribution in [3.05, 3.63) is 30.6 Å². The first-order valence-electron chi connectivity index (χ1n) is 6.11. The van der Waals surface area contributed by atoms with E-state index in [1.54, 1.807) is 6.33 Å². The van der Waals surface area contributed by atoms with Crippen molar-refractivity contribution in [1.82, 2.24) is 14.8 Å². The first-order valence-corrected chi connectivity index (χ1v) is 7.27. The minimum Gasteiger partial charge on any atom is -0.381 e. The summed E-state index contributed by atoms with van der Waals surface area (Å²) < 4.78 is 1.94. The van der Waals surface area contributed by atoms with Crippen molar-refractivity contribution in [3.63, 3.8) is 0 Å². The maximum absolute atomic E-state index is 4.14. The maximum atomic E-state index is 4.14. The Morgan fingerprint density at radius 1 is 1.44 bits per heavy atom. The van der Waals surface area contributed by atoms with Crippen LogP contribution in [0.25, 0.3) is 11.4 Å². The number of rotatable bonds is 3. The summed E-state index contributed by atoms with van der Waals surface area (Å²) in [7, 11) is 1.96. The SMILES string of the molecule is Cn1cnnc1-c1cccc(NC2CCSC2)c1. The molecule has 2 heterocycles. The molecule has 3 rings (SSSR count). The van der Waals surface area contributed by atoms with Gasteiger partial charge in [-0.05, 0) is 24.3 Å². The first kappa shape index (κ1) is 11.6. The van der Waals surface area contributed by atoms with E-state index in [0.717, 1.165) is 11.4 Å². The van der Waals surface area contributed by atoms with Gasteiger partial charge in [0.15, 0.2) is 5.82 Å². The van der Waals surface area contributed by atoms with Gasteiger partial charge in [0.25, 0.3) is 0 Å². The Labute approximate surface area is 111 Å². The second-order valence-corrected chi connectivity index (χ2v) is 5.70. The Hall–Kier alpha value is -1.49. The summed E-state index contributed by atoms with van der Waals surface area (Å²) >= 11 is 2.02. The lowest BCUT2D eigenvalue weighted by molar-refractivity contribution is 0.813. The van der Waals surface area contributed by atoms with Crippen molar-refractivity contribution in [1.29, 1.82) is 0 Å². The van der Waals surface area contributed by atoms with Crippen molar-refractivity contribution in [2.75, 3.05) is 16.8 Å². The number of nitrogens with one attached hydrogen (secondary N) is 1. The highest BCUT2D eigenvalue weighted by molar-refractivity contribution is 7.99. The van der Waals surface area contributed by atoms with Crippen molar-refractivity contribution >= 4 is 17.4 Å². The highest BCUT2D eigenvalue weighted by Crippen LogP contribution is 2.24. The number of anilines is 1. The van der Waals surface area contributed by atoms with Crippen LogP contribution in [0.15, 0.2) is 30.6 Å². The summed E-state index contributed by atoms with van der Waals surface area (Å²) in [5, 5.41) is 11.6. The van der Waals surface area contributed by atoms with E-state index in [4.69, 9.17) is 0 Å². The summed E-state index contributed by atoms with van der Waals surface area (Å²) in [5.41, 5.74) is 2.27. The molecular formula is C13H16N4S. The van der Waals surface area contributed by atoms with Gasteiger partial charge in [0.05, 0.1) is 0 Å². The van der Waals surface area contributed by atoms with Crippen LogP contribution in [0.5, 0.6) is 0 Å². The van der Waals surface area contributed by atoms with Gasteiger partial charge in [-0.3, -0.25) is 0 Å². The lowest BCUT2D eigenvalue weighted by Gasteiger charge is -2.13. The first-order chi connectivity index (χ1) is 8.83. The molecule has 0 aliphatic carbocycles. The van der Waals surface area contributed by atoms with Gasteiger partial charge in [0, 0.05) is 30.1 Å². The van der Waals surface area contributed by atoms with E-state index in [0.29, 0.717) is 6.04 Å². The van der Waals surface area contributed by atoms with Crippen LogP contribution < -0.4 is 5.32 Å². The number of hydrogen-bond acceptors (Lipinski definition) is 4. The number of thioether (sulfide) groups is 1. The number of aromatic nitrogens is 3. The third-order valence-corrected chi connectivity index (χ3v) is 4.30. The molecule has 5 heteroatoms. The van der Waals surface area contributed by atoms with Gasteiger partial charge < -0.3 is 9.88 Å². The van der Waals surface area contributed by atoms with Crippen LogP contribution in [0.2, 0.25) is 0 Å². The Balaban J connectivity index is 1.82. The molecular weight excluding hydrogens is 244 g/mol. The Morgan fingerprint density at radius 3 is 3.11 bits per heavy atom. The molecule has 4 nitrogen and oxygen atoms in total. The van der Waals surface area contributed by atoms with Gasteiger partial charge in [-0.15, -0.1) is 10.2 Å².